The summed E-state index contributed by atoms with van der Waals surface area (Å²) in [6.45, 7) is 1.83. The standard InChI is InChI=1S/C29H23NO4S/c1-16-13-21(31)11-12-22(16)27-26(29(33)34)30-24(32)15-20(25(18-9-10-18)28(30)35-27)14-19-7-4-6-17-5-2-3-8-23(17)19/h2-8,11-13,15,18,31H,9-10,14H2,1H3,(H,33,34). The molecular weight excluding hydrogens is 458 g/mol. The van der Waals surface area contributed by atoms with Gasteiger partial charge in [0.15, 0.2) is 5.69 Å². The summed E-state index contributed by atoms with van der Waals surface area (Å²) in [4.78, 5) is 27.1. The van der Waals surface area contributed by atoms with Crippen LogP contribution in [-0.4, -0.2) is 20.6 Å². The summed E-state index contributed by atoms with van der Waals surface area (Å²) in [7, 11) is 0. The number of aromatic hydroxyl groups is 1. The molecule has 6 rings (SSSR count). The summed E-state index contributed by atoms with van der Waals surface area (Å²) < 4.78 is 1.38. The Morgan fingerprint density at radius 2 is 1.80 bits per heavy atom. The number of carboxylic acids is 1. The first-order valence-corrected chi connectivity index (χ1v) is 12.5. The molecule has 0 amide bonds. The minimum Gasteiger partial charge on any atom is -0.508 e. The predicted octanol–water partition coefficient (Wildman–Crippen LogP) is 6.36. The van der Waals surface area contributed by atoms with Gasteiger partial charge in [-0.05, 0) is 88.9 Å². The zero-order chi connectivity index (χ0) is 24.3. The number of pyridine rings is 1. The smallest absolute Gasteiger partial charge is 0.354 e. The van der Waals surface area contributed by atoms with E-state index >= 15 is 0 Å². The van der Waals surface area contributed by atoms with E-state index in [1.807, 2.05) is 25.1 Å². The Hall–Kier alpha value is -3.90. The Kier molecular flexibility index (Phi) is 5.00. The van der Waals surface area contributed by atoms with Crippen LogP contribution in [-0.2, 0) is 6.42 Å². The van der Waals surface area contributed by atoms with Gasteiger partial charge in [-0.1, -0.05) is 42.5 Å². The van der Waals surface area contributed by atoms with Gasteiger partial charge in [-0.15, -0.1) is 11.3 Å². The Balaban J connectivity index is 1.61. The van der Waals surface area contributed by atoms with E-state index < -0.39 is 5.97 Å². The second-order valence-electron chi connectivity index (χ2n) is 9.24. The predicted molar refractivity (Wildman–Crippen MR) is 139 cm³/mol. The lowest BCUT2D eigenvalue weighted by Crippen LogP contribution is -2.19. The molecule has 1 saturated carbocycles. The lowest BCUT2D eigenvalue weighted by molar-refractivity contribution is 0.0690. The van der Waals surface area contributed by atoms with E-state index in [1.165, 1.54) is 15.7 Å². The molecule has 0 radical (unpaired) electrons. The number of carboxylic acid groups (broad SMARTS) is 1. The summed E-state index contributed by atoms with van der Waals surface area (Å²) in [6, 6.07) is 21.0. The third kappa shape index (κ3) is 3.61. The number of thiazole rings is 1. The molecule has 0 atom stereocenters. The van der Waals surface area contributed by atoms with Crippen LogP contribution in [0.2, 0.25) is 0 Å². The molecule has 6 heteroatoms. The van der Waals surface area contributed by atoms with Crippen LogP contribution in [0.4, 0.5) is 0 Å². The number of phenols is 1. The fourth-order valence-corrected chi connectivity index (χ4v) is 6.58. The zero-order valence-electron chi connectivity index (χ0n) is 19.1. The summed E-state index contributed by atoms with van der Waals surface area (Å²) >= 11 is 1.36. The second kappa shape index (κ2) is 8.10. The van der Waals surface area contributed by atoms with Crippen LogP contribution < -0.4 is 5.56 Å². The lowest BCUT2D eigenvalue weighted by Gasteiger charge is -2.13. The molecule has 0 unspecified atom stereocenters. The number of aromatic nitrogens is 1. The van der Waals surface area contributed by atoms with Crippen molar-refractivity contribution in [3.63, 3.8) is 0 Å². The van der Waals surface area contributed by atoms with Crippen LogP contribution >= 0.6 is 11.3 Å². The maximum absolute atomic E-state index is 13.4. The Morgan fingerprint density at radius 1 is 1.03 bits per heavy atom. The van der Waals surface area contributed by atoms with Gasteiger partial charge in [0.1, 0.15) is 10.6 Å². The SMILES string of the molecule is Cc1cc(O)ccc1-c1sc2c(C3CC3)c(Cc3cccc4ccccc34)cc(=O)n2c1C(=O)O. The van der Waals surface area contributed by atoms with E-state index in [0.717, 1.165) is 50.7 Å². The molecule has 1 aliphatic carbocycles. The summed E-state index contributed by atoms with van der Waals surface area (Å²) in [5, 5.41) is 22.3. The molecule has 0 aliphatic heterocycles. The number of hydrogen-bond acceptors (Lipinski definition) is 4. The van der Waals surface area contributed by atoms with Crippen molar-refractivity contribution in [1.82, 2.24) is 4.40 Å². The van der Waals surface area contributed by atoms with Crippen molar-refractivity contribution in [1.29, 1.82) is 0 Å². The molecule has 3 aromatic carbocycles. The topological polar surface area (TPSA) is 79.0 Å². The minimum atomic E-state index is -1.13. The highest BCUT2D eigenvalue weighted by molar-refractivity contribution is 7.21. The lowest BCUT2D eigenvalue weighted by atomic mass is 9.95. The van der Waals surface area contributed by atoms with E-state index in [9.17, 15) is 19.8 Å². The fourth-order valence-electron chi connectivity index (χ4n) is 5.09. The maximum atomic E-state index is 13.4. The first kappa shape index (κ1) is 21.6. The van der Waals surface area contributed by atoms with Gasteiger partial charge in [0, 0.05) is 6.07 Å². The molecule has 5 aromatic rings. The molecule has 1 aliphatic rings. The molecule has 1 fully saturated rings. The van der Waals surface area contributed by atoms with Gasteiger partial charge in [0.25, 0.3) is 5.56 Å². The van der Waals surface area contributed by atoms with Gasteiger partial charge >= 0.3 is 5.97 Å². The molecule has 174 valence electrons. The van der Waals surface area contributed by atoms with Crippen molar-refractivity contribution < 1.29 is 15.0 Å². The molecular formula is C29H23NO4S. The van der Waals surface area contributed by atoms with Gasteiger partial charge in [0.05, 0.1) is 4.88 Å². The summed E-state index contributed by atoms with van der Waals surface area (Å²) in [6.07, 6.45) is 2.68. The van der Waals surface area contributed by atoms with Crippen molar-refractivity contribution in [2.24, 2.45) is 0 Å². The average Bonchev–Trinajstić information content (AvgIpc) is 3.58. The van der Waals surface area contributed by atoms with Gasteiger partial charge < -0.3 is 10.2 Å². The highest BCUT2D eigenvalue weighted by Gasteiger charge is 2.32. The molecule has 35 heavy (non-hydrogen) atoms. The molecule has 0 bridgehead atoms. The second-order valence-corrected chi connectivity index (χ2v) is 10.2. The zero-order valence-corrected chi connectivity index (χ0v) is 19.9. The van der Waals surface area contributed by atoms with Crippen molar-refractivity contribution in [3.05, 3.63) is 105 Å². The highest BCUT2D eigenvalue weighted by Crippen LogP contribution is 2.47. The fraction of sp³-hybridized carbons (Fsp3) is 0.172. The monoisotopic (exact) mass is 481 g/mol. The van der Waals surface area contributed by atoms with Crippen molar-refractivity contribution in [2.45, 2.75) is 32.1 Å². The number of benzene rings is 3. The molecule has 5 nitrogen and oxygen atoms in total. The van der Waals surface area contributed by atoms with Crippen LogP contribution in [0.3, 0.4) is 0 Å². The first-order valence-electron chi connectivity index (χ1n) is 11.6. The molecule has 2 aromatic heterocycles. The molecule has 0 spiro atoms. The number of hydrogen-bond donors (Lipinski definition) is 2. The maximum Gasteiger partial charge on any atom is 0.354 e. The van der Waals surface area contributed by atoms with Crippen molar-refractivity contribution in [2.75, 3.05) is 0 Å². The Labute approximate surface area is 205 Å². The molecule has 2 N–H and O–H groups in total. The normalized spacial score (nSPS) is 13.5. The van der Waals surface area contributed by atoms with Crippen LogP contribution in [0.1, 0.15) is 51.5 Å². The number of aryl methyl sites for hydroxylation is 1. The number of phenolic OH excluding ortho intramolecular Hbond substituents is 1. The Morgan fingerprint density at radius 3 is 2.54 bits per heavy atom. The Bertz CT molecular complexity index is 1700. The van der Waals surface area contributed by atoms with Crippen LogP contribution in [0.5, 0.6) is 5.75 Å². The van der Waals surface area contributed by atoms with Gasteiger partial charge in [-0.3, -0.25) is 9.20 Å². The van der Waals surface area contributed by atoms with E-state index in [4.69, 9.17) is 0 Å². The van der Waals surface area contributed by atoms with Crippen molar-refractivity contribution >= 4 is 32.9 Å². The van der Waals surface area contributed by atoms with E-state index in [2.05, 4.69) is 24.3 Å². The number of fused-ring (bicyclic) bond motifs is 2. The summed E-state index contributed by atoms with van der Waals surface area (Å²) in [5.41, 5.74) is 4.35. The highest BCUT2D eigenvalue weighted by atomic mass is 32.1. The largest absolute Gasteiger partial charge is 0.508 e. The van der Waals surface area contributed by atoms with E-state index in [-0.39, 0.29) is 17.0 Å². The minimum absolute atomic E-state index is 0.0117. The van der Waals surface area contributed by atoms with Crippen molar-refractivity contribution in [3.8, 4) is 16.2 Å². The summed E-state index contributed by atoms with van der Waals surface area (Å²) in [5.74, 6) is -0.688. The number of nitrogens with zero attached hydrogens (tertiary/aromatic N) is 1. The average molecular weight is 482 g/mol. The van der Waals surface area contributed by atoms with Gasteiger partial charge in [-0.25, -0.2) is 4.79 Å². The van der Waals surface area contributed by atoms with Gasteiger partial charge in [-0.2, -0.15) is 0 Å². The number of carbonyl (C=O) groups is 1. The molecule has 2 heterocycles. The third-order valence-corrected chi connectivity index (χ3v) is 8.05. The molecule has 0 saturated heterocycles. The number of aromatic carboxylic acids is 1. The van der Waals surface area contributed by atoms with Gasteiger partial charge in [0.2, 0.25) is 0 Å². The van der Waals surface area contributed by atoms with E-state index in [1.54, 1.807) is 24.3 Å². The first-order chi connectivity index (χ1) is 16.9. The quantitative estimate of drug-likeness (QED) is 0.306. The number of rotatable bonds is 5. The van der Waals surface area contributed by atoms with Crippen LogP contribution in [0.15, 0.2) is 71.5 Å². The van der Waals surface area contributed by atoms with Crippen LogP contribution in [0.25, 0.3) is 26.0 Å². The third-order valence-electron chi connectivity index (χ3n) is 6.84. The van der Waals surface area contributed by atoms with Crippen LogP contribution in [0, 0.1) is 6.92 Å². The van der Waals surface area contributed by atoms with E-state index in [0.29, 0.717) is 22.8 Å².